The van der Waals surface area contributed by atoms with Gasteiger partial charge in [0.25, 0.3) is 11.2 Å². The van der Waals surface area contributed by atoms with Crippen molar-refractivity contribution < 1.29 is 9.72 Å². The van der Waals surface area contributed by atoms with Gasteiger partial charge in [-0.15, -0.1) is 0 Å². The van der Waals surface area contributed by atoms with Crippen molar-refractivity contribution in [2.24, 2.45) is 0 Å². The van der Waals surface area contributed by atoms with Crippen LogP contribution in [-0.2, 0) is 0 Å². The molecular weight excluding hydrogens is 346 g/mol. The van der Waals surface area contributed by atoms with E-state index in [1.807, 2.05) is 18.2 Å². The maximum absolute atomic E-state index is 12.9. The Morgan fingerprint density at radius 1 is 1.11 bits per heavy atom. The van der Waals surface area contributed by atoms with Crippen LogP contribution in [0.4, 0.5) is 5.69 Å². The predicted molar refractivity (Wildman–Crippen MR) is 102 cm³/mol. The molecule has 7 heteroatoms. The highest BCUT2D eigenvalue weighted by molar-refractivity contribution is 6.07. The Kier molecular flexibility index (Phi) is 3.66. The largest absolute Gasteiger partial charge is 0.319 e. The summed E-state index contributed by atoms with van der Waals surface area (Å²) in [5.41, 5.74) is 3.59. The minimum Gasteiger partial charge on any atom is -0.319 e. The number of nitrogens with one attached hydrogen (secondary N) is 1. The summed E-state index contributed by atoms with van der Waals surface area (Å²) in [5.74, 6) is -0.173. The standard InChI is InChI=1S/C20H15N3O4/c1-11-17(12(2)24)18(13-7-9-14(10-8-13)23(26)27)19-20(25)21-15-5-3-4-6-16(15)22(11)19/h3-10H,1-2H3,(H,21,25). The van der Waals surface area contributed by atoms with Crippen LogP contribution in [0, 0.1) is 17.0 Å². The van der Waals surface area contributed by atoms with Crippen LogP contribution in [0.1, 0.15) is 23.0 Å². The zero-order valence-electron chi connectivity index (χ0n) is 14.6. The first-order valence-corrected chi connectivity index (χ1v) is 8.32. The summed E-state index contributed by atoms with van der Waals surface area (Å²) >= 11 is 0. The molecule has 0 aliphatic rings. The summed E-state index contributed by atoms with van der Waals surface area (Å²) in [6, 6.07) is 13.2. The van der Waals surface area contributed by atoms with Crippen molar-refractivity contribution in [2.75, 3.05) is 0 Å². The molecule has 2 aromatic carbocycles. The number of aromatic amines is 1. The lowest BCUT2D eigenvalue weighted by atomic mass is 9.99. The smallest absolute Gasteiger partial charge is 0.273 e. The minimum atomic E-state index is -0.487. The number of H-pyrrole nitrogens is 1. The van der Waals surface area contributed by atoms with Crippen molar-refractivity contribution in [3.63, 3.8) is 0 Å². The molecule has 4 aromatic rings. The number of aryl methyl sites for hydroxylation is 1. The molecule has 0 saturated heterocycles. The van der Waals surface area contributed by atoms with Gasteiger partial charge in [0.1, 0.15) is 5.52 Å². The van der Waals surface area contributed by atoms with Crippen LogP contribution in [0.2, 0.25) is 0 Å². The number of rotatable bonds is 3. The van der Waals surface area contributed by atoms with E-state index in [4.69, 9.17) is 0 Å². The minimum absolute atomic E-state index is 0.0530. The second-order valence-corrected chi connectivity index (χ2v) is 6.35. The molecule has 134 valence electrons. The average Bonchev–Trinajstić information content (AvgIpc) is 2.96. The number of ketones is 1. The van der Waals surface area contributed by atoms with Crippen molar-refractivity contribution in [3.05, 3.63) is 80.3 Å². The second kappa shape index (κ2) is 5.91. The Bertz CT molecular complexity index is 1300. The predicted octanol–water partition coefficient (Wildman–Crippen LogP) is 3.87. The van der Waals surface area contributed by atoms with E-state index in [0.29, 0.717) is 33.4 Å². The molecule has 0 aliphatic heterocycles. The zero-order chi connectivity index (χ0) is 19.3. The van der Waals surface area contributed by atoms with E-state index in [9.17, 15) is 19.7 Å². The maximum Gasteiger partial charge on any atom is 0.273 e. The number of aromatic nitrogens is 2. The molecule has 0 atom stereocenters. The third-order valence-electron chi connectivity index (χ3n) is 4.73. The number of carbonyl (C=O) groups is 1. The van der Waals surface area contributed by atoms with Gasteiger partial charge in [0, 0.05) is 29.0 Å². The maximum atomic E-state index is 12.9. The van der Waals surface area contributed by atoms with E-state index in [-0.39, 0.29) is 17.0 Å². The highest BCUT2D eigenvalue weighted by atomic mass is 16.6. The van der Waals surface area contributed by atoms with Crippen LogP contribution in [-0.4, -0.2) is 20.1 Å². The highest BCUT2D eigenvalue weighted by Crippen LogP contribution is 2.34. The van der Waals surface area contributed by atoms with Crippen molar-refractivity contribution in [2.45, 2.75) is 13.8 Å². The summed E-state index contributed by atoms with van der Waals surface area (Å²) in [5, 5.41) is 10.9. The third kappa shape index (κ3) is 2.43. The molecule has 0 amide bonds. The van der Waals surface area contributed by atoms with Crippen molar-refractivity contribution in [1.29, 1.82) is 0 Å². The first-order chi connectivity index (χ1) is 12.9. The molecule has 2 aromatic heterocycles. The first-order valence-electron chi connectivity index (χ1n) is 8.32. The highest BCUT2D eigenvalue weighted by Gasteiger charge is 2.24. The van der Waals surface area contributed by atoms with Crippen LogP contribution in [0.5, 0.6) is 0 Å². The van der Waals surface area contributed by atoms with E-state index in [1.165, 1.54) is 19.1 Å². The van der Waals surface area contributed by atoms with E-state index in [0.717, 1.165) is 5.52 Å². The Morgan fingerprint density at radius 3 is 2.41 bits per heavy atom. The summed E-state index contributed by atoms with van der Waals surface area (Å²) in [7, 11) is 0. The molecule has 0 saturated carbocycles. The number of benzene rings is 2. The van der Waals surface area contributed by atoms with Crippen molar-refractivity contribution in [3.8, 4) is 11.1 Å². The molecule has 7 nitrogen and oxygen atoms in total. The van der Waals surface area contributed by atoms with Gasteiger partial charge in [-0.3, -0.25) is 19.7 Å². The number of Topliss-reactive ketones (excluding diaryl/α,β-unsaturated/α-hetero) is 1. The van der Waals surface area contributed by atoms with Crippen molar-refractivity contribution in [1.82, 2.24) is 9.38 Å². The monoisotopic (exact) mass is 361 g/mol. The van der Waals surface area contributed by atoms with Gasteiger partial charge in [0.05, 0.1) is 16.0 Å². The number of hydrogen-bond donors (Lipinski definition) is 1. The van der Waals surface area contributed by atoms with Gasteiger partial charge in [-0.2, -0.15) is 0 Å². The number of hydrogen-bond acceptors (Lipinski definition) is 4. The van der Waals surface area contributed by atoms with Crippen LogP contribution in [0.3, 0.4) is 0 Å². The molecule has 1 N–H and O–H groups in total. The van der Waals surface area contributed by atoms with Crippen molar-refractivity contribution >= 4 is 28.0 Å². The Balaban J connectivity index is 2.18. The number of fused-ring (bicyclic) bond motifs is 3. The summed E-state index contributed by atoms with van der Waals surface area (Å²) < 4.78 is 1.78. The lowest BCUT2D eigenvalue weighted by Crippen LogP contribution is -2.11. The normalized spacial score (nSPS) is 11.2. The number of para-hydroxylation sites is 2. The molecule has 0 aliphatic carbocycles. The topological polar surface area (TPSA) is 97.5 Å². The lowest BCUT2D eigenvalue weighted by Gasteiger charge is -2.05. The average molecular weight is 361 g/mol. The molecule has 0 bridgehead atoms. The molecule has 0 unspecified atom stereocenters. The number of nitrogens with zero attached hydrogens (tertiary/aromatic N) is 2. The first kappa shape index (κ1) is 16.7. The molecule has 4 rings (SSSR count). The van der Waals surface area contributed by atoms with Gasteiger partial charge >= 0.3 is 0 Å². The fraction of sp³-hybridized carbons (Fsp3) is 0.100. The van der Waals surface area contributed by atoms with Gasteiger partial charge in [-0.25, -0.2) is 0 Å². The fourth-order valence-corrected chi connectivity index (χ4v) is 3.62. The summed E-state index contributed by atoms with van der Waals surface area (Å²) in [6.45, 7) is 3.25. The van der Waals surface area contributed by atoms with E-state index in [1.54, 1.807) is 29.5 Å². The van der Waals surface area contributed by atoms with Gasteiger partial charge in [0.15, 0.2) is 5.78 Å². The van der Waals surface area contributed by atoms with Gasteiger partial charge in [-0.05, 0) is 43.7 Å². The van der Waals surface area contributed by atoms with E-state index >= 15 is 0 Å². The lowest BCUT2D eigenvalue weighted by molar-refractivity contribution is -0.384. The third-order valence-corrected chi connectivity index (χ3v) is 4.73. The summed E-state index contributed by atoms with van der Waals surface area (Å²) in [4.78, 5) is 38.6. The van der Waals surface area contributed by atoms with Crippen LogP contribution in [0.15, 0.2) is 53.3 Å². The SMILES string of the molecule is CC(=O)c1c(-c2ccc([N+](=O)[O-])cc2)c2c(=O)[nH]c3ccccc3n2c1C. The number of non-ortho nitro benzene ring substituents is 1. The Labute approximate surface area is 153 Å². The van der Waals surface area contributed by atoms with E-state index < -0.39 is 4.92 Å². The van der Waals surface area contributed by atoms with Crippen LogP contribution >= 0.6 is 0 Å². The number of nitro groups is 1. The van der Waals surface area contributed by atoms with Crippen LogP contribution in [0.25, 0.3) is 27.7 Å². The zero-order valence-corrected chi connectivity index (χ0v) is 14.6. The van der Waals surface area contributed by atoms with Crippen LogP contribution < -0.4 is 5.56 Å². The number of nitro benzene ring substituents is 1. The van der Waals surface area contributed by atoms with Gasteiger partial charge in [-0.1, -0.05) is 12.1 Å². The Hall–Kier alpha value is -3.74. The quantitative estimate of drug-likeness (QED) is 0.340. The molecule has 0 fully saturated rings. The summed E-state index contributed by atoms with van der Waals surface area (Å²) in [6.07, 6.45) is 0. The Morgan fingerprint density at radius 2 is 1.78 bits per heavy atom. The molecule has 0 spiro atoms. The fourth-order valence-electron chi connectivity index (χ4n) is 3.62. The second-order valence-electron chi connectivity index (χ2n) is 6.35. The van der Waals surface area contributed by atoms with E-state index in [2.05, 4.69) is 4.98 Å². The van der Waals surface area contributed by atoms with Gasteiger partial charge < -0.3 is 9.38 Å². The molecular formula is C20H15N3O4. The number of carbonyl (C=O) groups excluding carboxylic acids is 1. The van der Waals surface area contributed by atoms with Gasteiger partial charge in [0.2, 0.25) is 0 Å². The molecule has 2 heterocycles. The molecule has 27 heavy (non-hydrogen) atoms. The molecule has 0 radical (unpaired) electrons.